The summed E-state index contributed by atoms with van der Waals surface area (Å²) in [6.45, 7) is 3.64. The van der Waals surface area contributed by atoms with E-state index in [0.29, 0.717) is 12.3 Å². The van der Waals surface area contributed by atoms with E-state index < -0.39 is 11.6 Å². The Balaban J connectivity index is 1.94. The monoisotopic (exact) mass is 267 g/mol. The first-order valence-electron chi connectivity index (χ1n) is 6.04. The molecule has 0 aliphatic carbocycles. The fraction of sp³-hybridized carbons (Fsp3) is 0.286. The molecule has 0 amide bonds. The number of benzene rings is 1. The Morgan fingerprint density at radius 3 is 2.89 bits per heavy atom. The minimum atomic E-state index is -0.596. The minimum Gasteiger partial charge on any atom is -0.482 e. The average molecular weight is 267 g/mol. The summed E-state index contributed by atoms with van der Waals surface area (Å²) < 4.78 is 36.7. The van der Waals surface area contributed by atoms with Crippen molar-refractivity contribution in [1.82, 2.24) is 5.32 Å². The average Bonchev–Trinajstić information content (AvgIpc) is 2.85. The Morgan fingerprint density at radius 2 is 2.11 bits per heavy atom. The fourth-order valence-corrected chi connectivity index (χ4v) is 1.60. The molecule has 0 saturated heterocycles. The van der Waals surface area contributed by atoms with Crippen LogP contribution in [0.1, 0.15) is 18.2 Å². The number of hydrogen-bond donors (Lipinski definition) is 1. The van der Waals surface area contributed by atoms with E-state index in [0.717, 1.165) is 30.3 Å². The molecule has 1 heterocycles. The molecular weight excluding hydrogens is 252 g/mol. The summed E-state index contributed by atoms with van der Waals surface area (Å²) in [5, 5.41) is 3.16. The normalized spacial score (nSPS) is 10.7. The molecule has 1 aromatic carbocycles. The van der Waals surface area contributed by atoms with E-state index in [-0.39, 0.29) is 12.4 Å². The maximum Gasteiger partial charge on any atom is 0.165 e. The Labute approximate surface area is 110 Å². The van der Waals surface area contributed by atoms with Crippen molar-refractivity contribution < 1.29 is 17.9 Å². The molecule has 1 aromatic heterocycles. The molecule has 0 atom stereocenters. The van der Waals surface area contributed by atoms with Gasteiger partial charge in [0.25, 0.3) is 0 Å². The summed E-state index contributed by atoms with van der Waals surface area (Å²) in [6, 6.07) is 4.91. The third-order valence-corrected chi connectivity index (χ3v) is 2.55. The van der Waals surface area contributed by atoms with Crippen LogP contribution in [0, 0.1) is 11.6 Å². The highest BCUT2D eigenvalue weighted by atomic mass is 19.1. The van der Waals surface area contributed by atoms with Crippen molar-refractivity contribution >= 4 is 0 Å². The standard InChI is InChI=1S/C14H15F2NO2/c1-2-17-7-10-5-12(18-8-10)9-19-14-6-11(15)3-4-13(14)16/h3-6,8,17H,2,7,9H2,1H3. The summed E-state index contributed by atoms with van der Waals surface area (Å²) in [7, 11) is 0. The summed E-state index contributed by atoms with van der Waals surface area (Å²) in [5.74, 6) is -0.689. The third kappa shape index (κ3) is 3.79. The molecule has 0 unspecified atom stereocenters. The van der Waals surface area contributed by atoms with Gasteiger partial charge in [-0.2, -0.15) is 0 Å². The fourth-order valence-electron chi connectivity index (χ4n) is 1.60. The summed E-state index contributed by atoms with van der Waals surface area (Å²) in [4.78, 5) is 0. The molecular formula is C14H15F2NO2. The lowest BCUT2D eigenvalue weighted by molar-refractivity contribution is 0.257. The van der Waals surface area contributed by atoms with Crippen molar-refractivity contribution in [2.75, 3.05) is 6.54 Å². The van der Waals surface area contributed by atoms with Crippen LogP contribution in [0.3, 0.4) is 0 Å². The molecule has 102 valence electrons. The van der Waals surface area contributed by atoms with E-state index in [1.54, 1.807) is 6.26 Å². The van der Waals surface area contributed by atoms with E-state index in [9.17, 15) is 8.78 Å². The second-order valence-corrected chi connectivity index (χ2v) is 4.07. The summed E-state index contributed by atoms with van der Waals surface area (Å²) in [6.07, 6.45) is 1.61. The highest BCUT2D eigenvalue weighted by molar-refractivity contribution is 5.25. The van der Waals surface area contributed by atoms with Crippen LogP contribution in [-0.2, 0) is 13.2 Å². The predicted molar refractivity (Wildman–Crippen MR) is 66.8 cm³/mol. The van der Waals surface area contributed by atoms with Crippen molar-refractivity contribution in [2.45, 2.75) is 20.1 Å². The van der Waals surface area contributed by atoms with Gasteiger partial charge in [0, 0.05) is 18.2 Å². The molecule has 19 heavy (non-hydrogen) atoms. The molecule has 2 aromatic rings. The third-order valence-electron chi connectivity index (χ3n) is 2.55. The van der Waals surface area contributed by atoms with Crippen LogP contribution >= 0.6 is 0 Å². The van der Waals surface area contributed by atoms with E-state index in [4.69, 9.17) is 9.15 Å². The van der Waals surface area contributed by atoms with E-state index in [2.05, 4.69) is 5.32 Å². The number of rotatable bonds is 6. The van der Waals surface area contributed by atoms with Gasteiger partial charge in [-0.15, -0.1) is 0 Å². The first-order chi connectivity index (χ1) is 9.19. The van der Waals surface area contributed by atoms with Gasteiger partial charge in [0.2, 0.25) is 0 Å². The molecule has 0 aliphatic heterocycles. The van der Waals surface area contributed by atoms with Gasteiger partial charge in [-0.1, -0.05) is 6.92 Å². The quantitative estimate of drug-likeness (QED) is 0.872. The summed E-state index contributed by atoms with van der Waals surface area (Å²) >= 11 is 0. The second kappa shape index (κ2) is 6.33. The minimum absolute atomic E-state index is 0.0620. The van der Waals surface area contributed by atoms with Crippen LogP contribution in [-0.4, -0.2) is 6.54 Å². The highest BCUT2D eigenvalue weighted by Crippen LogP contribution is 2.20. The van der Waals surface area contributed by atoms with E-state index in [1.165, 1.54) is 0 Å². The maximum atomic E-state index is 13.3. The molecule has 2 rings (SSSR count). The molecule has 0 bridgehead atoms. The lowest BCUT2D eigenvalue weighted by atomic mass is 10.3. The van der Waals surface area contributed by atoms with Crippen LogP contribution in [0.15, 0.2) is 34.9 Å². The largest absolute Gasteiger partial charge is 0.482 e. The van der Waals surface area contributed by atoms with Gasteiger partial charge in [-0.3, -0.25) is 0 Å². The molecule has 0 fully saturated rings. The Kier molecular flexibility index (Phi) is 4.52. The zero-order valence-corrected chi connectivity index (χ0v) is 10.6. The van der Waals surface area contributed by atoms with Crippen molar-refractivity contribution in [3.05, 3.63) is 53.5 Å². The highest BCUT2D eigenvalue weighted by Gasteiger charge is 2.07. The smallest absolute Gasteiger partial charge is 0.165 e. The SMILES string of the molecule is CCNCc1coc(COc2cc(F)ccc2F)c1. The molecule has 0 radical (unpaired) electrons. The number of ether oxygens (including phenoxy) is 1. The number of hydrogen-bond acceptors (Lipinski definition) is 3. The van der Waals surface area contributed by atoms with Gasteiger partial charge in [0.1, 0.15) is 18.2 Å². The van der Waals surface area contributed by atoms with E-state index >= 15 is 0 Å². The van der Waals surface area contributed by atoms with Crippen LogP contribution in [0.5, 0.6) is 5.75 Å². The zero-order valence-electron chi connectivity index (χ0n) is 10.6. The van der Waals surface area contributed by atoms with Crippen LogP contribution in [0.2, 0.25) is 0 Å². The van der Waals surface area contributed by atoms with Crippen LogP contribution < -0.4 is 10.1 Å². The lowest BCUT2D eigenvalue weighted by Gasteiger charge is -2.05. The van der Waals surface area contributed by atoms with Gasteiger partial charge in [-0.25, -0.2) is 8.78 Å². The molecule has 1 N–H and O–H groups in total. The molecule has 0 spiro atoms. The van der Waals surface area contributed by atoms with Gasteiger partial charge in [0.15, 0.2) is 11.6 Å². The first kappa shape index (κ1) is 13.5. The van der Waals surface area contributed by atoms with Gasteiger partial charge in [-0.05, 0) is 24.7 Å². The van der Waals surface area contributed by atoms with Crippen LogP contribution in [0.25, 0.3) is 0 Å². The van der Waals surface area contributed by atoms with Crippen molar-refractivity contribution in [3.63, 3.8) is 0 Å². The molecule has 5 heteroatoms. The Hall–Kier alpha value is -1.88. The van der Waals surface area contributed by atoms with Crippen LogP contribution in [0.4, 0.5) is 8.78 Å². The summed E-state index contributed by atoms with van der Waals surface area (Å²) in [5.41, 5.74) is 0.986. The second-order valence-electron chi connectivity index (χ2n) is 4.07. The Morgan fingerprint density at radius 1 is 1.26 bits per heavy atom. The van der Waals surface area contributed by atoms with Gasteiger partial charge >= 0.3 is 0 Å². The Bertz CT molecular complexity index is 540. The molecule has 0 saturated carbocycles. The van der Waals surface area contributed by atoms with Crippen molar-refractivity contribution in [3.8, 4) is 5.75 Å². The molecule has 0 aliphatic rings. The predicted octanol–water partition coefficient (Wildman–Crippen LogP) is 3.25. The maximum absolute atomic E-state index is 13.3. The number of furan rings is 1. The van der Waals surface area contributed by atoms with Gasteiger partial charge in [0.05, 0.1) is 6.26 Å². The molecule has 3 nitrogen and oxygen atoms in total. The first-order valence-corrected chi connectivity index (χ1v) is 6.04. The van der Waals surface area contributed by atoms with Crippen molar-refractivity contribution in [2.24, 2.45) is 0 Å². The topological polar surface area (TPSA) is 34.4 Å². The van der Waals surface area contributed by atoms with Gasteiger partial charge < -0.3 is 14.5 Å². The number of nitrogens with one attached hydrogen (secondary N) is 1. The number of halogens is 2. The van der Waals surface area contributed by atoms with Crippen molar-refractivity contribution in [1.29, 1.82) is 0 Å². The van der Waals surface area contributed by atoms with E-state index in [1.807, 2.05) is 13.0 Å². The zero-order chi connectivity index (χ0) is 13.7. The lowest BCUT2D eigenvalue weighted by Crippen LogP contribution is -2.10.